The van der Waals surface area contributed by atoms with Crippen molar-refractivity contribution in [2.45, 2.75) is 0 Å². The van der Waals surface area contributed by atoms with Gasteiger partial charge in [0.05, 0.1) is 5.56 Å². The number of carbonyl (C=O) groups is 2. The molecule has 124 valence electrons. The van der Waals surface area contributed by atoms with Crippen molar-refractivity contribution in [3.63, 3.8) is 0 Å². The number of ether oxygens (including phenoxy) is 1. The minimum absolute atomic E-state index is 0.00772. The standard InChI is InChI=1S/C16H12BrClN2O4/c17-10-4-5-13(24-8-14(21)22)12(7-10)16(23)20-15(19)9-2-1-3-11(18)6-9/h1-7H,8H2,(H,21,22)(H2,19,20,23). The molecule has 24 heavy (non-hydrogen) atoms. The second-order valence-electron chi connectivity index (χ2n) is 4.64. The Balaban J connectivity index is 2.33. The number of carbonyl (C=O) groups excluding carboxylic acids is 1. The molecule has 0 fully saturated rings. The largest absolute Gasteiger partial charge is 0.481 e. The first-order valence-electron chi connectivity index (χ1n) is 6.65. The van der Waals surface area contributed by atoms with Gasteiger partial charge in [0.25, 0.3) is 5.91 Å². The van der Waals surface area contributed by atoms with Crippen LogP contribution in [-0.4, -0.2) is 29.4 Å². The van der Waals surface area contributed by atoms with Crippen LogP contribution < -0.4 is 10.5 Å². The van der Waals surface area contributed by atoms with Crippen LogP contribution in [0, 0.1) is 0 Å². The van der Waals surface area contributed by atoms with Crippen LogP contribution in [0.4, 0.5) is 0 Å². The monoisotopic (exact) mass is 410 g/mol. The predicted molar refractivity (Wildman–Crippen MR) is 93.8 cm³/mol. The number of hydrogen-bond donors (Lipinski definition) is 2. The first-order chi connectivity index (χ1) is 11.4. The molecule has 8 heteroatoms. The van der Waals surface area contributed by atoms with Crippen molar-refractivity contribution in [3.05, 3.63) is 63.1 Å². The number of aliphatic imine (C=N–C) groups is 1. The third-order valence-corrected chi connectivity index (χ3v) is 3.59. The maximum absolute atomic E-state index is 12.4. The van der Waals surface area contributed by atoms with Crippen LogP contribution in [0.15, 0.2) is 51.9 Å². The highest BCUT2D eigenvalue weighted by molar-refractivity contribution is 9.10. The highest BCUT2D eigenvalue weighted by Gasteiger charge is 2.15. The fourth-order valence-electron chi connectivity index (χ4n) is 1.82. The molecule has 1 amide bonds. The van der Waals surface area contributed by atoms with E-state index >= 15 is 0 Å². The number of amides is 1. The topological polar surface area (TPSA) is 102 Å². The summed E-state index contributed by atoms with van der Waals surface area (Å²) in [6.07, 6.45) is 0. The van der Waals surface area contributed by atoms with Crippen molar-refractivity contribution in [1.82, 2.24) is 0 Å². The molecule has 2 aromatic rings. The highest BCUT2D eigenvalue weighted by Crippen LogP contribution is 2.24. The molecular weight excluding hydrogens is 400 g/mol. The molecule has 0 unspecified atom stereocenters. The predicted octanol–water partition coefficient (Wildman–Crippen LogP) is 3.11. The van der Waals surface area contributed by atoms with Crippen molar-refractivity contribution in [2.75, 3.05) is 6.61 Å². The molecule has 0 aliphatic carbocycles. The highest BCUT2D eigenvalue weighted by atomic mass is 79.9. The van der Waals surface area contributed by atoms with Crippen LogP contribution in [0.25, 0.3) is 0 Å². The van der Waals surface area contributed by atoms with Crippen molar-refractivity contribution >= 4 is 45.2 Å². The van der Waals surface area contributed by atoms with E-state index in [1.165, 1.54) is 12.1 Å². The van der Waals surface area contributed by atoms with Crippen LogP contribution in [-0.2, 0) is 4.79 Å². The summed E-state index contributed by atoms with van der Waals surface area (Å²) in [4.78, 5) is 26.9. The van der Waals surface area contributed by atoms with E-state index in [4.69, 9.17) is 27.2 Å². The number of carboxylic acid groups (broad SMARTS) is 1. The molecule has 0 aliphatic heterocycles. The second kappa shape index (κ2) is 7.94. The van der Waals surface area contributed by atoms with E-state index in [9.17, 15) is 9.59 Å². The van der Waals surface area contributed by atoms with E-state index in [1.54, 1.807) is 30.3 Å². The summed E-state index contributed by atoms with van der Waals surface area (Å²) in [5.41, 5.74) is 6.43. The number of hydrogen-bond acceptors (Lipinski definition) is 3. The maximum atomic E-state index is 12.4. The van der Waals surface area contributed by atoms with Crippen LogP contribution in [0.5, 0.6) is 5.75 Å². The van der Waals surface area contributed by atoms with Gasteiger partial charge in [0, 0.05) is 15.1 Å². The summed E-state index contributed by atoms with van der Waals surface area (Å²) < 4.78 is 5.72. The Morgan fingerprint density at radius 1 is 1.25 bits per heavy atom. The zero-order valence-corrected chi connectivity index (χ0v) is 14.5. The summed E-state index contributed by atoms with van der Waals surface area (Å²) in [6.45, 7) is -0.574. The van der Waals surface area contributed by atoms with Crippen molar-refractivity contribution in [2.24, 2.45) is 10.7 Å². The lowest BCUT2D eigenvalue weighted by atomic mass is 10.1. The van der Waals surface area contributed by atoms with Gasteiger partial charge in [-0.25, -0.2) is 4.79 Å². The molecule has 0 radical (unpaired) electrons. The van der Waals surface area contributed by atoms with Crippen molar-refractivity contribution in [1.29, 1.82) is 0 Å². The van der Waals surface area contributed by atoms with Gasteiger partial charge >= 0.3 is 5.97 Å². The average Bonchev–Trinajstić information content (AvgIpc) is 2.53. The Morgan fingerprint density at radius 2 is 2.00 bits per heavy atom. The smallest absolute Gasteiger partial charge is 0.341 e. The lowest BCUT2D eigenvalue weighted by Crippen LogP contribution is -2.17. The summed E-state index contributed by atoms with van der Waals surface area (Å²) in [6, 6.07) is 11.2. The Hall–Kier alpha value is -2.38. The van der Waals surface area contributed by atoms with Gasteiger partial charge in [0.15, 0.2) is 6.61 Å². The molecule has 6 nitrogen and oxygen atoms in total. The van der Waals surface area contributed by atoms with E-state index in [1.807, 2.05) is 0 Å². The van der Waals surface area contributed by atoms with E-state index in [2.05, 4.69) is 20.9 Å². The Morgan fingerprint density at radius 3 is 2.67 bits per heavy atom. The Labute approximate surface area is 151 Å². The van der Waals surface area contributed by atoms with Gasteiger partial charge in [-0.3, -0.25) is 4.79 Å². The second-order valence-corrected chi connectivity index (χ2v) is 5.99. The first kappa shape index (κ1) is 18.0. The van der Waals surface area contributed by atoms with Gasteiger partial charge in [0.2, 0.25) is 0 Å². The molecule has 0 aliphatic rings. The van der Waals surface area contributed by atoms with Crippen LogP contribution in [0.1, 0.15) is 15.9 Å². The van der Waals surface area contributed by atoms with Crippen molar-refractivity contribution < 1.29 is 19.4 Å². The van der Waals surface area contributed by atoms with E-state index in [-0.39, 0.29) is 17.1 Å². The number of nitrogens with zero attached hydrogens (tertiary/aromatic N) is 1. The normalized spacial score (nSPS) is 11.2. The number of amidine groups is 1. The van der Waals surface area contributed by atoms with E-state index < -0.39 is 18.5 Å². The van der Waals surface area contributed by atoms with Crippen LogP contribution >= 0.6 is 27.5 Å². The molecule has 0 spiro atoms. The average molecular weight is 412 g/mol. The SMILES string of the molecule is NC(=NC(=O)c1cc(Br)ccc1OCC(=O)O)c1cccc(Cl)c1. The minimum atomic E-state index is -1.15. The molecule has 0 heterocycles. The summed E-state index contributed by atoms with van der Waals surface area (Å²) in [5.74, 6) is -1.72. The lowest BCUT2D eigenvalue weighted by Gasteiger charge is -2.08. The number of halogens is 2. The molecule has 0 atom stereocenters. The van der Waals surface area contributed by atoms with E-state index in [0.29, 0.717) is 15.1 Å². The molecule has 0 aromatic heterocycles. The molecular formula is C16H12BrClN2O4. The molecule has 3 N–H and O–H groups in total. The van der Waals surface area contributed by atoms with Gasteiger partial charge < -0.3 is 15.6 Å². The number of carboxylic acids is 1. The first-order valence-corrected chi connectivity index (χ1v) is 7.82. The van der Waals surface area contributed by atoms with Gasteiger partial charge in [0.1, 0.15) is 11.6 Å². The zero-order valence-electron chi connectivity index (χ0n) is 12.2. The zero-order chi connectivity index (χ0) is 17.7. The number of rotatable bonds is 5. The lowest BCUT2D eigenvalue weighted by molar-refractivity contribution is -0.139. The van der Waals surface area contributed by atoms with Crippen LogP contribution in [0.2, 0.25) is 5.02 Å². The van der Waals surface area contributed by atoms with Gasteiger partial charge in [-0.05, 0) is 30.3 Å². The number of nitrogens with two attached hydrogens (primary N) is 1. The third kappa shape index (κ3) is 4.81. The maximum Gasteiger partial charge on any atom is 0.341 e. The van der Waals surface area contributed by atoms with Crippen LogP contribution in [0.3, 0.4) is 0 Å². The van der Waals surface area contributed by atoms with Gasteiger partial charge in [-0.2, -0.15) is 4.99 Å². The quantitative estimate of drug-likeness (QED) is 0.581. The molecule has 0 saturated carbocycles. The molecule has 0 saturated heterocycles. The number of aliphatic carboxylic acids is 1. The fourth-order valence-corrected chi connectivity index (χ4v) is 2.37. The summed E-state index contributed by atoms with van der Waals surface area (Å²) in [7, 11) is 0. The van der Waals surface area contributed by atoms with E-state index in [0.717, 1.165) is 0 Å². The number of benzene rings is 2. The molecule has 2 aromatic carbocycles. The third-order valence-electron chi connectivity index (χ3n) is 2.87. The minimum Gasteiger partial charge on any atom is -0.481 e. The Kier molecular flexibility index (Phi) is 5.94. The van der Waals surface area contributed by atoms with Gasteiger partial charge in [-0.1, -0.05) is 39.7 Å². The molecule has 2 rings (SSSR count). The van der Waals surface area contributed by atoms with Crippen molar-refractivity contribution in [3.8, 4) is 5.75 Å². The van der Waals surface area contributed by atoms with Gasteiger partial charge in [-0.15, -0.1) is 0 Å². The fraction of sp³-hybridized carbons (Fsp3) is 0.0625. The Bertz CT molecular complexity index is 823. The summed E-state index contributed by atoms with van der Waals surface area (Å²) >= 11 is 9.13. The molecule has 0 bridgehead atoms. The summed E-state index contributed by atoms with van der Waals surface area (Å²) in [5, 5.41) is 9.16.